The van der Waals surface area contributed by atoms with Crippen LogP contribution in [0.15, 0.2) is 72.6 Å². The average molecular weight is 1110 g/mol. The minimum absolute atomic E-state index is 0.0228. The van der Waals surface area contributed by atoms with E-state index in [-0.39, 0.29) is 61.5 Å². The number of anilines is 1. The van der Waals surface area contributed by atoms with E-state index >= 15 is 0 Å². The molecule has 0 spiro atoms. The summed E-state index contributed by atoms with van der Waals surface area (Å²) in [5.41, 5.74) is 11.7. The molecule has 3 fully saturated rings. The van der Waals surface area contributed by atoms with Crippen molar-refractivity contribution in [3.8, 4) is 10.4 Å². The number of nitrogens with zero attached hydrogens (tertiary/aromatic N) is 7. The highest BCUT2D eigenvalue weighted by molar-refractivity contribution is 7.13. The predicted molar refractivity (Wildman–Crippen MR) is 305 cm³/mol. The summed E-state index contributed by atoms with van der Waals surface area (Å²) in [6.07, 6.45) is 11.5. The van der Waals surface area contributed by atoms with Gasteiger partial charge >= 0.3 is 0 Å². The van der Waals surface area contributed by atoms with Gasteiger partial charge in [-0.15, -0.1) is 11.3 Å². The van der Waals surface area contributed by atoms with Crippen molar-refractivity contribution in [3.63, 3.8) is 0 Å². The minimum Gasteiger partial charge on any atom is -0.391 e. The van der Waals surface area contributed by atoms with Crippen LogP contribution in [0.2, 0.25) is 5.02 Å². The first kappa shape index (κ1) is 58.2. The largest absolute Gasteiger partial charge is 0.391 e. The van der Waals surface area contributed by atoms with Gasteiger partial charge in [-0.1, -0.05) is 101 Å². The van der Waals surface area contributed by atoms with E-state index in [1.807, 2.05) is 98.9 Å². The number of aryl methyl sites for hydroxylation is 1. The highest BCUT2D eigenvalue weighted by Crippen LogP contribution is 2.32. The van der Waals surface area contributed by atoms with E-state index in [2.05, 4.69) is 45.7 Å². The molecule has 0 radical (unpaired) electrons. The van der Waals surface area contributed by atoms with Crippen molar-refractivity contribution < 1.29 is 29.1 Å². The van der Waals surface area contributed by atoms with Gasteiger partial charge < -0.3 is 46.5 Å². The number of piperazine rings is 1. The molecule has 5 aromatic rings. The number of piperidine rings is 1. The van der Waals surface area contributed by atoms with Crippen LogP contribution in [0.5, 0.6) is 0 Å². The summed E-state index contributed by atoms with van der Waals surface area (Å²) in [5.74, 6) is -0.0496. The van der Waals surface area contributed by atoms with Gasteiger partial charge in [0.25, 0.3) is 0 Å². The van der Waals surface area contributed by atoms with Gasteiger partial charge in [-0.3, -0.25) is 28.9 Å². The molecule has 3 saturated heterocycles. The molecule has 18 nitrogen and oxygen atoms in total. The SMILES string of the molecule is Cc1ncsc1-c1ccc(CNC(=O)[C@H]2C[C@H](O)CN2C(=O)C(NC(=O)CCCCCCCCCC(=O)N2CCN(CC[C@H](NC(=O)C3(N)CCN(c4ncnc5[nH]ccc45)CC3)c3ccc(Cl)cc3)CC2)C(C)(C)C)cc1. The van der Waals surface area contributed by atoms with Crippen molar-refractivity contribution >= 4 is 69.3 Å². The fraction of sp³-hybridized carbons (Fsp3) is 0.552. The van der Waals surface area contributed by atoms with Crippen molar-refractivity contribution in [3.05, 3.63) is 94.5 Å². The number of unbranched alkanes of at least 4 members (excludes halogenated alkanes) is 6. The van der Waals surface area contributed by atoms with Crippen molar-refractivity contribution in [1.82, 2.24) is 50.6 Å². The second kappa shape index (κ2) is 26.8. The summed E-state index contributed by atoms with van der Waals surface area (Å²) in [7, 11) is 0. The molecule has 3 aliphatic rings. The van der Waals surface area contributed by atoms with Crippen LogP contribution in [-0.4, -0.2) is 145 Å². The zero-order chi connectivity index (χ0) is 55.4. The van der Waals surface area contributed by atoms with Crippen LogP contribution in [0.4, 0.5) is 5.82 Å². The van der Waals surface area contributed by atoms with E-state index in [9.17, 15) is 29.1 Å². The number of carbonyl (C=O) groups is 5. The number of aliphatic hydroxyl groups excluding tert-OH is 1. The van der Waals surface area contributed by atoms with Crippen molar-refractivity contribution in [2.45, 2.75) is 147 Å². The normalized spacial score (nSPS) is 18.7. The number of aliphatic hydroxyl groups is 1. The lowest BCUT2D eigenvalue weighted by Gasteiger charge is -2.39. The van der Waals surface area contributed by atoms with E-state index in [0.29, 0.717) is 63.3 Å². The fourth-order valence-electron chi connectivity index (χ4n) is 10.9. The first-order chi connectivity index (χ1) is 37.5. The number of fused-ring (bicyclic) bond motifs is 1. The second-order valence-corrected chi connectivity index (χ2v) is 23.9. The standard InChI is InChI=1S/C58H79ClN12O6S/c1-39-50(78-38-65-39)42-16-14-40(15-17-42)35-62-54(75)47-34-44(72)36-71(47)55(76)51(57(2,3)4)67-48(73)12-10-8-6-5-7-9-11-13-49(74)69-32-30-68(31-33-69)27-23-46(41-18-20-43(59)21-19-41)66-56(77)58(60)24-28-70(29-25-58)53-45-22-26-61-52(45)63-37-64-53/h14-22,26,37-38,44,46-47,51,72H,5-13,23-25,27-36,60H2,1-4H3,(H,62,75)(H,66,77)(H,67,73)(H,61,63,64)/t44-,46-,47+,51?/m0/s1. The highest BCUT2D eigenvalue weighted by Gasteiger charge is 2.45. The van der Waals surface area contributed by atoms with Crippen molar-refractivity contribution in [1.29, 1.82) is 0 Å². The highest BCUT2D eigenvalue weighted by atomic mass is 35.5. The van der Waals surface area contributed by atoms with Crippen LogP contribution in [0.25, 0.3) is 21.5 Å². The van der Waals surface area contributed by atoms with E-state index in [4.69, 9.17) is 17.3 Å². The van der Waals surface area contributed by atoms with E-state index in [1.165, 1.54) is 4.90 Å². The maximum absolute atomic E-state index is 14.1. The smallest absolute Gasteiger partial charge is 0.246 e. The van der Waals surface area contributed by atoms with Crippen molar-refractivity contribution in [2.75, 3.05) is 57.3 Å². The molecule has 7 N–H and O–H groups in total. The lowest BCUT2D eigenvalue weighted by molar-refractivity contribution is -0.144. The summed E-state index contributed by atoms with van der Waals surface area (Å²) in [4.78, 5) is 93.4. The molecule has 20 heteroatoms. The van der Waals surface area contributed by atoms with E-state index < -0.39 is 29.1 Å². The quantitative estimate of drug-likeness (QED) is 0.0361. The van der Waals surface area contributed by atoms with E-state index in [0.717, 1.165) is 102 Å². The Labute approximate surface area is 467 Å². The predicted octanol–water partition coefficient (Wildman–Crippen LogP) is 7.05. The Morgan fingerprint density at radius 3 is 2.21 bits per heavy atom. The maximum atomic E-state index is 14.1. The Bertz CT molecular complexity index is 2800. The monoisotopic (exact) mass is 1110 g/mol. The molecular formula is C58H79ClN12O6S. The van der Waals surface area contributed by atoms with Crippen LogP contribution in [0.3, 0.4) is 0 Å². The fourth-order valence-corrected chi connectivity index (χ4v) is 11.9. The number of halogens is 1. The van der Waals surface area contributed by atoms with Gasteiger partial charge in [-0.25, -0.2) is 15.0 Å². The third kappa shape index (κ3) is 15.2. The molecule has 6 heterocycles. The molecule has 4 atom stereocenters. The molecule has 3 aromatic heterocycles. The number of hydrogen-bond acceptors (Lipinski definition) is 13. The first-order valence-electron chi connectivity index (χ1n) is 27.9. The van der Waals surface area contributed by atoms with Crippen LogP contribution < -0.4 is 26.6 Å². The molecule has 0 saturated carbocycles. The molecule has 3 aliphatic heterocycles. The Morgan fingerprint density at radius 2 is 1.54 bits per heavy atom. The summed E-state index contributed by atoms with van der Waals surface area (Å²) >= 11 is 7.84. The number of nitrogens with one attached hydrogen (secondary N) is 4. The molecule has 420 valence electrons. The number of benzene rings is 2. The Balaban J connectivity index is 0.690. The maximum Gasteiger partial charge on any atom is 0.246 e. The van der Waals surface area contributed by atoms with Crippen LogP contribution in [0.1, 0.15) is 127 Å². The van der Waals surface area contributed by atoms with Gasteiger partial charge in [0.2, 0.25) is 29.5 Å². The van der Waals surface area contributed by atoms with Gasteiger partial charge in [0.05, 0.1) is 39.2 Å². The van der Waals surface area contributed by atoms with Gasteiger partial charge in [-0.05, 0) is 79.3 Å². The van der Waals surface area contributed by atoms with Crippen LogP contribution in [-0.2, 0) is 30.5 Å². The molecule has 78 heavy (non-hydrogen) atoms. The van der Waals surface area contributed by atoms with Crippen LogP contribution >= 0.6 is 22.9 Å². The number of hydrogen-bond donors (Lipinski definition) is 6. The molecule has 2 aromatic carbocycles. The summed E-state index contributed by atoms with van der Waals surface area (Å²) in [6, 6.07) is 15.5. The Kier molecular flexibility index (Phi) is 20.0. The number of β-amino-alcohol motifs (C(OH)–C–C–N with tert-alkyl or cyclic N) is 1. The summed E-state index contributed by atoms with van der Waals surface area (Å²) in [5, 5.41) is 21.4. The number of amides is 5. The molecule has 1 unspecified atom stereocenters. The molecule has 8 rings (SSSR count). The molecular weight excluding hydrogens is 1030 g/mol. The zero-order valence-corrected chi connectivity index (χ0v) is 47.3. The first-order valence-corrected chi connectivity index (χ1v) is 29.1. The van der Waals surface area contributed by atoms with Crippen molar-refractivity contribution in [2.24, 2.45) is 11.1 Å². The van der Waals surface area contributed by atoms with Crippen LogP contribution in [0, 0.1) is 12.3 Å². The Hall–Kier alpha value is -5.99. The second-order valence-electron chi connectivity index (χ2n) is 22.6. The molecule has 0 aliphatic carbocycles. The zero-order valence-electron chi connectivity index (χ0n) is 45.8. The van der Waals surface area contributed by atoms with E-state index in [1.54, 1.807) is 17.7 Å². The topological polar surface area (TPSA) is 235 Å². The Morgan fingerprint density at radius 1 is 0.859 bits per heavy atom. The van der Waals surface area contributed by atoms with Gasteiger partial charge in [0.1, 0.15) is 29.9 Å². The molecule has 5 amide bonds. The summed E-state index contributed by atoms with van der Waals surface area (Å²) < 4.78 is 0. The van der Waals surface area contributed by atoms with Gasteiger partial charge in [0.15, 0.2) is 0 Å². The van der Waals surface area contributed by atoms with Gasteiger partial charge in [0, 0.05) is 89.4 Å². The third-order valence-corrected chi connectivity index (χ3v) is 17.0. The third-order valence-electron chi connectivity index (χ3n) is 15.8. The minimum atomic E-state index is -1.02. The average Bonchev–Trinajstić information content (AvgIpc) is 4.20. The number of rotatable bonds is 23. The number of carbonyl (C=O) groups excluding carboxylic acids is 5. The lowest BCUT2D eigenvalue weighted by atomic mass is 9.85. The number of aromatic amines is 1. The number of nitrogens with two attached hydrogens (primary N) is 1. The number of H-pyrrole nitrogens is 1. The van der Waals surface area contributed by atoms with Gasteiger partial charge in [-0.2, -0.15) is 0 Å². The number of likely N-dealkylation sites (tertiary alicyclic amines) is 1. The summed E-state index contributed by atoms with van der Waals surface area (Å²) in [6.45, 7) is 12.8. The lowest BCUT2D eigenvalue weighted by Crippen LogP contribution is -2.60. The number of thiazole rings is 1. The molecule has 0 bridgehead atoms. The number of aromatic nitrogens is 4.